The van der Waals surface area contributed by atoms with Crippen molar-refractivity contribution in [3.05, 3.63) is 23.9 Å². The van der Waals surface area contributed by atoms with E-state index in [1.54, 1.807) is 0 Å². The van der Waals surface area contributed by atoms with Gasteiger partial charge in [0.1, 0.15) is 5.82 Å². The minimum absolute atomic E-state index is 0.206. The van der Waals surface area contributed by atoms with Crippen LogP contribution in [0.5, 0.6) is 0 Å². The molecule has 0 saturated carbocycles. The lowest BCUT2D eigenvalue weighted by molar-refractivity contribution is 0.0124. The van der Waals surface area contributed by atoms with E-state index in [9.17, 15) is 0 Å². The Balaban J connectivity index is 2.09. The molecule has 2 heterocycles. The molecule has 82 valence electrons. The molecule has 0 radical (unpaired) electrons. The van der Waals surface area contributed by atoms with Gasteiger partial charge in [-0.1, -0.05) is 6.07 Å². The van der Waals surface area contributed by atoms with Crippen LogP contribution in [0, 0.1) is 0 Å². The number of rotatable bonds is 3. The maximum Gasteiger partial charge on any atom is 0.126 e. The van der Waals surface area contributed by atoms with E-state index in [-0.39, 0.29) is 6.10 Å². The standard InChI is InChI=1S/C12H18N2O/c1-2-13-12-8-5-6-10(14-12)11-7-3-4-9-15-11/h5-6,8,11H,2-4,7,9H2,1H3,(H,13,14)/t11-/m0/s1. The van der Waals surface area contributed by atoms with Gasteiger partial charge in [0.15, 0.2) is 0 Å². The Hall–Kier alpha value is -1.09. The zero-order valence-electron chi connectivity index (χ0n) is 9.20. The van der Waals surface area contributed by atoms with Gasteiger partial charge in [-0.3, -0.25) is 0 Å². The average Bonchev–Trinajstić information content (AvgIpc) is 2.31. The molecule has 0 aromatic carbocycles. The highest BCUT2D eigenvalue weighted by molar-refractivity contribution is 5.35. The quantitative estimate of drug-likeness (QED) is 0.825. The van der Waals surface area contributed by atoms with E-state index in [1.165, 1.54) is 12.8 Å². The second-order valence-corrected chi connectivity index (χ2v) is 3.83. The Labute approximate surface area is 90.9 Å². The molecule has 1 N–H and O–H groups in total. The summed E-state index contributed by atoms with van der Waals surface area (Å²) in [5.74, 6) is 0.948. The van der Waals surface area contributed by atoms with Crippen LogP contribution in [-0.4, -0.2) is 18.1 Å². The number of hydrogen-bond donors (Lipinski definition) is 1. The van der Waals surface area contributed by atoms with Crippen LogP contribution in [0.1, 0.15) is 38.0 Å². The molecular weight excluding hydrogens is 188 g/mol. The summed E-state index contributed by atoms with van der Waals surface area (Å²) in [5.41, 5.74) is 1.06. The fraction of sp³-hybridized carbons (Fsp3) is 0.583. The minimum atomic E-state index is 0.206. The summed E-state index contributed by atoms with van der Waals surface area (Å²) in [5, 5.41) is 3.22. The Morgan fingerprint density at radius 1 is 1.47 bits per heavy atom. The summed E-state index contributed by atoms with van der Waals surface area (Å²) in [4.78, 5) is 4.55. The number of anilines is 1. The van der Waals surface area contributed by atoms with Crippen molar-refractivity contribution in [2.24, 2.45) is 0 Å². The Morgan fingerprint density at radius 3 is 3.13 bits per heavy atom. The van der Waals surface area contributed by atoms with Crippen LogP contribution in [0.2, 0.25) is 0 Å². The van der Waals surface area contributed by atoms with Crippen molar-refractivity contribution in [1.29, 1.82) is 0 Å². The third kappa shape index (κ3) is 2.69. The van der Waals surface area contributed by atoms with Gasteiger partial charge in [0.25, 0.3) is 0 Å². The molecule has 0 bridgehead atoms. The molecule has 15 heavy (non-hydrogen) atoms. The zero-order valence-corrected chi connectivity index (χ0v) is 9.20. The number of aromatic nitrogens is 1. The van der Waals surface area contributed by atoms with Crippen molar-refractivity contribution < 1.29 is 4.74 Å². The molecule has 1 aliphatic rings. The predicted octanol–water partition coefficient (Wildman–Crippen LogP) is 2.76. The topological polar surface area (TPSA) is 34.1 Å². The van der Waals surface area contributed by atoms with Gasteiger partial charge in [0.05, 0.1) is 11.8 Å². The highest BCUT2D eigenvalue weighted by Crippen LogP contribution is 2.26. The molecular formula is C12H18N2O. The van der Waals surface area contributed by atoms with Crippen molar-refractivity contribution in [3.8, 4) is 0 Å². The van der Waals surface area contributed by atoms with Crippen LogP contribution in [0.15, 0.2) is 18.2 Å². The van der Waals surface area contributed by atoms with Gasteiger partial charge in [-0.25, -0.2) is 4.98 Å². The monoisotopic (exact) mass is 206 g/mol. The van der Waals surface area contributed by atoms with E-state index < -0.39 is 0 Å². The van der Waals surface area contributed by atoms with Crippen molar-refractivity contribution >= 4 is 5.82 Å². The summed E-state index contributed by atoms with van der Waals surface area (Å²) < 4.78 is 5.71. The van der Waals surface area contributed by atoms with Crippen LogP contribution in [-0.2, 0) is 4.74 Å². The maximum atomic E-state index is 5.71. The normalized spacial score (nSPS) is 21.3. The van der Waals surface area contributed by atoms with Crippen LogP contribution in [0.3, 0.4) is 0 Å². The predicted molar refractivity (Wildman–Crippen MR) is 60.9 cm³/mol. The van der Waals surface area contributed by atoms with Gasteiger partial charge < -0.3 is 10.1 Å². The largest absolute Gasteiger partial charge is 0.372 e. The average molecular weight is 206 g/mol. The molecule has 1 atom stereocenters. The number of hydrogen-bond acceptors (Lipinski definition) is 3. The van der Waals surface area contributed by atoms with Crippen LogP contribution >= 0.6 is 0 Å². The summed E-state index contributed by atoms with van der Waals surface area (Å²) in [6.45, 7) is 3.85. The van der Waals surface area contributed by atoms with Crippen molar-refractivity contribution in [3.63, 3.8) is 0 Å². The lowest BCUT2D eigenvalue weighted by Gasteiger charge is -2.22. The van der Waals surface area contributed by atoms with Gasteiger partial charge in [0.2, 0.25) is 0 Å². The molecule has 3 heteroatoms. The van der Waals surface area contributed by atoms with Gasteiger partial charge in [0, 0.05) is 13.2 Å². The third-order valence-electron chi connectivity index (χ3n) is 2.64. The summed E-state index contributed by atoms with van der Waals surface area (Å²) in [6.07, 6.45) is 3.74. The lowest BCUT2D eigenvalue weighted by atomic mass is 10.1. The fourth-order valence-corrected chi connectivity index (χ4v) is 1.88. The molecule has 1 aromatic heterocycles. The first-order chi connectivity index (χ1) is 7.40. The number of ether oxygens (including phenoxy) is 1. The second kappa shape index (κ2) is 5.12. The van der Waals surface area contributed by atoms with E-state index in [0.29, 0.717) is 0 Å². The number of nitrogens with zero attached hydrogens (tertiary/aromatic N) is 1. The van der Waals surface area contributed by atoms with Crippen LogP contribution in [0.25, 0.3) is 0 Å². The Kier molecular flexibility index (Phi) is 3.56. The molecule has 1 aromatic rings. The molecule has 3 nitrogen and oxygen atoms in total. The molecule has 0 unspecified atom stereocenters. The number of pyridine rings is 1. The summed E-state index contributed by atoms with van der Waals surface area (Å²) >= 11 is 0. The second-order valence-electron chi connectivity index (χ2n) is 3.83. The van der Waals surface area contributed by atoms with Crippen LogP contribution in [0.4, 0.5) is 5.82 Å². The molecule has 1 saturated heterocycles. The Morgan fingerprint density at radius 2 is 2.40 bits per heavy atom. The molecule has 0 aliphatic carbocycles. The highest BCUT2D eigenvalue weighted by Gasteiger charge is 2.17. The summed E-state index contributed by atoms with van der Waals surface area (Å²) in [6, 6.07) is 6.09. The Bertz CT molecular complexity index is 308. The lowest BCUT2D eigenvalue weighted by Crippen LogP contribution is -2.13. The van der Waals surface area contributed by atoms with Crippen molar-refractivity contribution in [2.75, 3.05) is 18.5 Å². The first kappa shape index (κ1) is 10.4. The summed E-state index contributed by atoms with van der Waals surface area (Å²) in [7, 11) is 0. The molecule has 0 spiro atoms. The molecule has 0 amide bonds. The maximum absolute atomic E-state index is 5.71. The third-order valence-corrected chi connectivity index (χ3v) is 2.64. The van der Waals surface area contributed by atoms with Gasteiger partial charge in [-0.05, 0) is 38.3 Å². The van der Waals surface area contributed by atoms with E-state index in [1.807, 2.05) is 12.1 Å². The van der Waals surface area contributed by atoms with Crippen molar-refractivity contribution in [1.82, 2.24) is 4.98 Å². The van der Waals surface area contributed by atoms with Crippen molar-refractivity contribution in [2.45, 2.75) is 32.3 Å². The fourth-order valence-electron chi connectivity index (χ4n) is 1.88. The van der Waals surface area contributed by atoms with E-state index in [0.717, 1.165) is 31.1 Å². The smallest absolute Gasteiger partial charge is 0.126 e. The van der Waals surface area contributed by atoms with Gasteiger partial charge in [-0.2, -0.15) is 0 Å². The number of nitrogens with one attached hydrogen (secondary N) is 1. The van der Waals surface area contributed by atoms with Gasteiger partial charge in [-0.15, -0.1) is 0 Å². The van der Waals surface area contributed by atoms with E-state index in [4.69, 9.17) is 4.74 Å². The molecule has 1 fully saturated rings. The first-order valence-electron chi connectivity index (χ1n) is 5.72. The SMILES string of the molecule is CCNc1cccc([C@@H]2CCCCO2)n1. The van der Waals surface area contributed by atoms with E-state index >= 15 is 0 Å². The highest BCUT2D eigenvalue weighted by atomic mass is 16.5. The first-order valence-corrected chi connectivity index (χ1v) is 5.72. The van der Waals surface area contributed by atoms with E-state index in [2.05, 4.69) is 23.3 Å². The molecule has 1 aliphatic heterocycles. The van der Waals surface area contributed by atoms with Gasteiger partial charge >= 0.3 is 0 Å². The zero-order chi connectivity index (χ0) is 10.5. The molecule has 2 rings (SSSR count). The minimum Gasteiger partial charge on any atom is -0.372 e. The van der Waals surface area contributed by atoms with Crippen LogP contribution < -0.4 is 5.32 Å².